The van der Waals surface area contributed by atoms with Crippen LogP contribution in [0.1, 0.15) is 22.3 Å². The van der Waals surface area contributed by atoms with Gasteiger partial charge in [0.25, 0.3) is 5.88 Å². The van der Waals surface area contributed by atoms with Crippen molar-refractivity contribution in [2.45, 2.75) is 13.0 Å². The maximum absolute atomic E-state index is 10.0. The molecule has 3 aromatic heterocycles. The molecule has 10 nitrogen and oxygen atoms in total. The first-order valence-electron chi connectivity index (χ1n) is 11.8. The predicted molar refractivity (Wildman–Crippen MR) is 136 cm³/mol. The van der Waals surface area contributed by atoms with Crippen LogP contribution in [0.4, 0.5) is 5.82 Å². The molecule has 1 aliphatic rings. The summed E-state index contributed by atoms with van der Waals surface area (Å²) in [6.45, 7) is 3.08. The van der Waals surface area contributed by atoms with Gasteiger partial charge in [-0.25, -0.2) is 15.0 Å². The fraction of sp³-hybridized carbons (Fsp3) is 0.296. The average Bonchev–Trinajstić information content (AvgIpc) is 2.96. The molecule has 1 aromatic carbocycles. The first kappa shape index (κ1) is 24.2. The van der Waals surface area contributed by atoms with Gasteiger partial charge >= 0.3 is 0 Å². The number of aromatic nitrogens is 4. The minimum atomic E-state index is 0.285. The summed E-state index contributed by atoms with van der Waals surface area (Å²) in [6.07, 6.45) is 5.65. The molecule has 0 unspecified atom stereocenters. The maximum Gasteiger partial charge on any atom is 0.257 e. The summed E-state index contributed by atoms with van der Waals surface area (Å²) in [5.74, 6) is 2.17. The fourth-order valence-electron chi connectivity index (χ4n) is 4.14. The van der Waals surface area contributed by atoms with Gasteiger partial charge in [0.2, 0.25) is 5.88 Å². The van der Waals surface area contributed by atoms with Gasteiger partial charge in [0.1, 0.15) is 24.0 Å². The molecular formula is C27H26N6O4. The molecule has 0 amide bonds. The molecule has 0 radical (unpaired) electrons. The van der Waals surface area contributed by atoms with E-state index >= 15 is 0 Å². The van der Waals surface area contributed by atoms with E-state index in [2.05, 4.69) is 25.9 Å². The van der Waals surface area contributed by atoms with Crippen LogP contribution in [0.3, 0.4) is 0 Å². The molecule has 37 heavy (non-hydrogen) atoms. The van der Waals surface area contributed by atoms with Gasteiger partial charge in [-0.15, -0.1) is 0 Å². The summed E-state index contributed by atoms with van der Waals surface area (Å²) in [4.78, 5) is 20.1. The van der Waals surface area contributed by atoms with Gasteiger partial charge in [-0.3, -0.25) is 4.98 Å². The van der Waals surface area contributed by atoms with E-state index in [0.717, 1.165) is 35.6 Å². The van der Waals surface area contributed by atoms with Gasteiger partial charge in [-0.1, -0.05) is 6.07 Å². The lowest BCUT2D eigenvalue weighted by molar-refractivity contribution is 0.122. The summed E-state index contributed by atoms with van der Waals surface area (Å²) in [7, 11) is 3.14. The number of nitriles is 1. The third-order valence-corrected chi connectivity index (χ3v) is 6.11. The van der Waals surface area contributed by atoms with Gasteiger partial charge in [0, 0.05) is 43.5 Å². The second kappa shape index (κ2) is 11.1. The second-order valence-corrected chi connectivity index (χ2v) is 8.43. The van der Waals surface area contributed by atoms with Gasteiger partial charge in [-0.05, 0) is 29.3 Å². The largest absolute Gasteiger partial charge is 0.491 e. The highest BCUT2D eigenvalue weighted by Gasteiger charge is 2.17. The van der Waals surface area contributed by atoms with Crippen molar-refractivity contribution in [1.82, 2.24) is 19.9 Å². The molecular weight excluding hydrogens is 472 g/mol. The highest BCUT2D eigenvalue weighted by Crippen LogP contribution is 2.29. The van der Waals surface area contributed by atoms with Crippen LogP contribution < -0.4 is 19.1 Å². The summed E-state index contributed by atoms with van der Waals surface area (Å²) in [5, 5.41) is 10.0. The number of ether oxygens (including phenoxy) is 4. The van der Waals surface area contributed by atoms with Gasteiger partial charge in [0.15, 0.2) is 5.75 Å². The maximum atomic E-state index is 10.0. The minimum Gasteiger partial charge on any atom is -0.491 e. The third-order valence-electron chi connectivity index (χ3n) is 6.11. The zero-order valence-electron chi connectivity index (χ0n) is 20.7. The number of hydrogen-bond donors (Lipinski definition) is 0. The first-order valence-corrected chi connectivity index (χ1v) is 11.8. The molecule has 1 fully saturated rings. The third kappa shape index (κ3) is 5.37. The Labute approximate surface area is 214 Å². The summed E-state index contributed by atoms with van der Waals surface area (Å²) >= 11 is 0. The number of fused-ring (bicyclic) bond motifs is 1. The topological polar surface area (TPSA) is 116 Å². The van der Waals surface area contributed by atoms with Crippen molar-refractivity contribution in [3.63, 3.8) is 0 Å². The van der Waals surface area contributed by atoms with E-state index in [1.54, 1.807) is 38.9 Å². The lowest BCUT2D eigenvalue weighted by Gasteiger charge is -2.27. The highest BCUT2D eigenvalue weighted by atomic mass is 16.5. The molecule has 0 N–H and O–H groups in total. The monoisotopic (exact) mass is 498 g/mol. The van der Waals surface area contributed by atoms with E-state index in [4.69, 9.17) is 23.9 Å². The number of morpholine rings is 1. The van der Waals surface area contributed by atoms with Gasteiger partial charge in [-0.2, -0.15) is 5.26 Å². The number of nitrogens with zero attached hydrogens (tertiary/aromatic N) is 6. The van der Waals surface area contributed by atoms with Crippen LogP contribution in [0.25, 0.3) is 11.0 Å². The number of pyridine rings is 2. The van der Waals surface area contributed by atoms with E-state index in [1.165, 1.54) is 0 Å². The van der Waals surface area contributed by atoms with E-state index < -0.39 is 0 Å². The van der Waals surface area contributed by atoms with Crippen LogP contribution in [0.5, 0.6) is 17.5 Å². The van der Waals surface area contributed by atoms with E-state index in [1.807, 2.05) is 24.3 Å². The Morgan fingerprint density at radius 1 is 0.973 bits per heavy atom. The van der Waals surface area contributed by atoms with Gasteiger partial charge < -0.3 is 23.8 Å². The first-order chi connectivity index (χ1) is 18.2. The molecule has 0 saturated carbocycles. The SMILES string of the molecule is COc1ccc(COc2ncc(Cc3ccc4ncc(N5CCOCC5)nc4c3C#N)cc2OC)cn1. The predicted octanol–water partition coefficient (Wildman–Crippen LogP) is 3.32. The van der Waals surface area contributed by atoms with Crippen LogP contribution in [0, 0.1) is 11.3 Å². The van der Waals surface area contributed by atoms with Crippen LogP contribution in [-0.2, 0) is 17.8 Å². The summed E-state index contributed by atoms with van der Waals surface area (Å²) < 4.78 is 21.9. The molecule has 0 atom stereocenters. The number of benzene rings is 1. The lowest BCUT2D eigenvalue weighted by Crippen LogP contribution is -2.36. The average molecular weight is 499 g/mol. The Morgan fingerprint density at radius 3 is 2.54 bits per heavy atom. The van der Waals surface area contributed by atoms with Crippen LogP contribution in [0.15, 0.2) is 48.9 Å². The highest BCUT2D eigenvalue weighted by molar-refractivity contribution is 5.83. The molecule has 5 rings (SSSR count). The van der Waals surface area contributed by atoms with Crippen molar-refractivity contribution >= 4 is 16.9 Å². The van der Waals surface area contributed by atoms with Crippen molar-refractivity contribution < 1.29 is 18.9 Å². The fourth-order valence-corrected chi connectivity index (χ4v) is 4.14. The molecule has 0 bridgehead atoms. The van der Waals surface area contributed by atoms with Gasteiger partial charge in [0.05, 0.1) is 44.7 Å². The minimum absolute atomic E-state index is 0.285. The molecule has 10 heteroatoms. The van der Waals surface area contributed by atoms with Crippen molar-refractivity contribution in [1.29, 1.82) is 5.26 Å². The van der Waals surface area contributed by atoms with Crippen LogP contribution >= 0.6 is 0 Å². The number of methoxy groups -OCH3 is 2. The van der Waals surface area contributed by atoms with Crippen LogP contribution in [0.2, 0.25) is 0 Å². The van der Waals surface area contributed by atoms with Crippen molar-refractivity contribution in [2.75, 3.05) is 45.4 Å². The zero-order valence-corrected chi connectivity index (χ0v) is 20.7. The Balaban J connectivity index is 1.37. The van der Waals surface area contributed by atoms with E-state index in [-0.39, 0.29) is 6.61 Å². The normalized spacial score (nSPS) is 13.3. The summed E-state index contributed by atoms with van der Waals surface area (Å²) in [5.41, 5.74) is 4.38. The Morgan fingerprint density at radius 2 is 1.81 bits per heavy atom. The number of rotatable bonds is 8. The van der Waals surface area contributed by atoms with E-state index in [0.29, 0.717) is 53.7 Å². The Hall–Kier alpha value is -4.49. The summed E-state index contributed by atoms with van der Waals surface area (Å²) in [6, 6.07) is 11.7. The van der Waals surface area contributed by atoms with Crippen LogP contribution in [-0.4, -0.2) is 60.5 Å². The number of hydrogen-bond acceptors (Lipinski definition) is 10. The number of anilines is 1. The second-order valence-electron chi connectivity index (χ2n) is 8.43. The lowest BCUT2D eigenvalue weighted by atomic mass is 9.99. The van der Waals surface area contributed by atoms with Crippen molar-refractivity contribution in [2.24, 2.45) is 0 Å². The van der Waals surface area contributed by atoms with Crippen molar-refractivity contribution in [3.05, 3.63) is 71.2 Å². The van der Waals surface area contributed by atoms with E-state index in [9.17, 15) is 5.26 Å². The Kier molecular flexibility index (Phi) is 7.23. The Bertz CT molecular complexity index is 1430. The molecule has 1 saturated heterocycles. The standard InChI is InChI=1S/C27H26N6O4/c1-34-23-12-19(15-31-27(23)37-17-18-3-6-25(35-2)30-14-18)11-20-4-5-22-26(21(20)13-28)32-24(16-29-22)33-7-9-36-10-8-33/h3-6,12,14-16H,7-11,17H2,1-2H3. The molecule has 188 valence electrons. The quantitative estimate of drug-likeness (QED) is 0.358. The smallest absolute Gasteiger partial charge is 0.257 e. The van der Waals surface area contributed by atoms with Crippen molar-refractivity contribution in [3.8, 4) is 23.6 Å². The zero-order chi connectivity index (χ0) is 25.6. The molecule has 0 aliphatic carbocycles. The molecule has 4 aromatic rings. The molecule has 4 heterocycles. The molecule has 1 aliphatic heterocycles. The molecule has 0 spiro atoms.